The van der Waals surface area contributed by atoms with Crippen LogP contribution in [0.3, 0.4) is 0 Å². The van der Waals surface area contributed by atoms with Crippen molar-refractivity contribution in [3.05, 3.63) is 95.6 Å². The third-order valence-electron chi connectivity index (χ3n) is 7.75. The summed E-state index contributed by atoms with van der Waals surface area (Å²) < 4.78 is 18.7. The highest BCUT2D eigenvalue weighted by molar-refractivity contribution is 6.48. The highest BCUT2D eigenvalue weighted by Gasteiger charge is 2.54. The van der Waals surface area contributed by atoms with E-state index in [9.17, 15) is 9.59 Å². The van der Waals surface area contributed by atoms with Crippen LogP contribution in [0.15, 0.2) is 73.1 Å². The van der Waals surface area contributed by atoms with Crippen LogP contribution in [-0.4, -0.2) is 52.7 Å². The van der Waals surface area contributed by atoms with E-state index >= 15 is 0 Å². The summed E-state index contributed by atoms with van der Waals surface area (Å²) in [5.74, 6) is -2.54. The van der Waals surface area contributed by atoms with Gasteiger partial charge < -0.3 is 25.1 Å². The van der Waals surface area contributed by atoms with Gasteiger partial charge in [-0.3, -0.25) is 14.6 Å². The third-order valence-corrected chi connectivity index (χ3v) is 7.75. The van der Waals surface area contributed by atoms with E-state index in [1.165, 1.54) is 18.0 Å². The largest absolute Gasteiger partial charge is 0.481 e. The molecule has 0 saturated carbocycles. The number of nitrogens with zero attached hydrogens (tertiary/aromatic N) is 2. The van der Waals surface area contributed by atoms with Crippen molar-refractivity contribution in [2.24, 2.45) is 5.73 Å². The summed E-state index contributed by atoms with van der Waals surface area (Å²) in [5, 5.41) is 3.15. The molecule has 0 bridgehead atoms. The van der Waals surface area contributed by atoms with E-state index in [0.29, 0.717) is 6.42 Å². The van der Waals surface area contributed by atoms with Crippen molar-refractivity contribution in [1.82, 2.24) is 15.3 Å². The highest BCUT2D eigenvalue weighted by Crippen LogP contribution is 2.38. The Bertz CT molecular complexity index is 1290. The van der Waals surface area contributed by atoms with Crippen LogP contribution >= 0.6 is 0 Å². The SMILES string of the molecule is CC1(C)OB([C@H](CCCc2ccccc2)NC(=O)[C@@H](COCc2ccccc2)c2nccnc2C(N)=O)OC1(C)C. The Morgan fingerprint density at radius 1 is 0.927 bits per heavy atom. The lowest BCUT2D eigenvalue weighted by Gasteiger charge is -2.32. The van der Waals surface area contributed by atoms with E-state index in [-0.39, 0.29) is 30.5 Å². The summed E-state index contributed by atoms with van der Waals surface area (Å²) in [6.45, 7) is 8.18. The summed E-state index contributed by atoms with van der Waals surface area (Å²) in [5.41, 5.74) is 6.74. The van der Waals surface area contributed by atoms with Crippen LogP contribution < -0.4 is 11.1 Å². The quantitative estimate of drug-likeness (QED) is 0.304. The molecule has 2 amide bonds. The van der Waals surface area contributed by atoms with E-state index < -0.39 is 36.1 Å². The topological polar surface area (TPSA) is 126 Å². The Morgan fingerprint density at radius 3 is 2.12 bits per heavy atom. The second-order valence-corrected chi connectivity index (χ2v) is 11.3. The van der Waals surface area contributed by atoms with Gasteiger partial charge in [-0.1, -0.05) is 60.7 Å². The van der Waals surface area contributed by atoms with Crippen molar-refractivity contribution in [2.75, 3.05) is 6.61 Å². The van der Waals surface area contributed by atoms with Crippen molar-refractivity contribution in [3.63, 3.8) is 0 Å². The molecular formula is C31H39BN4O5. The van der Waals surface area contributed by atoms with E-state index in [1.807, 2.05) is 76.2 Å². The van der Waals surface area contributed by atoms with Gasteiger partial charge in [0.15, 0.2) is 0 Å². The van der Waals surface area contributed by atoms with E-state index in [4.69, 9.17) is 19.8 Å². The molecule has 4 rings (SSSR count). The van der Waals surface area contributed by atoms with Gasteiger partial charge in [0.1, 0.15) is 11.6 Å². The van der Waals surface area contributed by atoms with Crippen molar-refractivity contribution in [1.29, 1.82) is 0 Å². The van der Waals surface area contributed by atoms with Gasteiger partial charge in [0.25, 0.3) is 5.91 Å². The molecule has 3 N–H and O–H groups in total. The number of nitrogens with one attached hydrogen (secondary N) is 1. The predicted molar refractivity (Wildman–Crippen MR) is 157 cm³/mol. The number of amides is 2. The normalized spacial score (nSPS) is 17.1. The number of aromatic nitrogens is 2. The number of hydrogen-bond acceptors (Lipinski definition) is 7. The molecule has 1 fully saturated rings. The maximum Gasteiger partial charge on any atom is 0.481 e. The summed E-state index contributed by atoms with van der Waals surface area (Å²) in [6, 6.07) is 19.8. The average Bonchev–Trinajstić information content (AvgIpc) is 3.17. The van der Waals surface area contributed by atoms with Crippen LogP contribution in [-0.2, 0) is 31.9 Å². The van der Waals surface area contributed by atoms with Gasteiger partial charge in [-0.25, -0.2) is 4.98 Å². The molecule has 1 saturated heterocycles. The number of ether oxygens (including phenoxy) is 1. The molecule has 9 nitrogen and oxygen atoms in total. The van der Waals surface area contributed by atoms with Crippen LogP contribution in [0.1, 0.15) is 73.8 Å². The molecule has 0 unspecified atom stereocenters. The number of nitrogens with two attached hydrogens (primary N) is 1. The van der Waals surface area contributed by atoms with Crippen molar-refractivity contribution in [2.45, 2.75) is 76.6 Å². The summed E-state index contributed by atoms with van der Waals surface area (Å²) in [7, 11) is -0.664. The molecule has 41 heavy (non-hydrogen) atoms. The molecule has 3 aromatic rings. The predicted octanol–water partition coefficient (Wildman–Crippen LogP) is 4.02. The molecular weight excluding hydrogens is 519 g/mol. The molecule has 1 aromatic heterocycles. The fourth-order valence-electron chi connectivity index (χ4n) is 4.72. The number of carbonyl (C=O) groups excluding carboxylic acids is 2. The van der Waals surface area contributed by atoms with Gasteiger partial charge in [0.05, 0.1) is 36.1 Å². The smallest absolute Gasteiger partial charge is 0.402 e. The minimum Gasteiger partial charge on any atom is -0.402 e. The molecule has 1 aliphatic heterocycles. The standard InChI is InChI=1S/C31H39BN4O5/c1-30(2)31(3,4)41-32(40-30)25(17-11-16-22-12-7-5-8-13-22)36-29(38)24(21-39-20-23-14-9-6-10-15-23)26-27(28(33)37)35-19-18-34-26/h5-10,12-15,18-19,24-25H,11,16-17,20-21H2,1-4H3,(H2,33,37)(H,36,38)/t24-,25-/m0/s1. The zero-order valence-corrected chi connectivity index (χ0v) is 24.2. The molecule has 216 valence electrons. The molecule has 0 radical (unpaired) electrons. The van der Waals surface area contributed by atoms with Gasteiger partial charge in [0, 0.05) is 12.4 Å². The lowest BCUT2D eigenvalue weighted by molar-refractivity contribution is -0.124. The number of carbonyl (C=O) groups is 2. The van der Waals surface area contributed by atoms with E-state index in [1.54, 1.807) is 0 Å². The van der Waals surface area contributed by atoms with Crippen LogP contribution in [0.5, 0.6) is 0 Å². The van der Waals surface area contributed by atoms with Crippen LogP contribution in [0, 0.1) is 0 Å². The van der Waals surface area contributed by atoms with Gasteiger partial charge in [0.2, 0.25) is 5.91 Å². The average molecular weight is 558 g/mol. The number of benzene rings is 2. The Morgan fingerprint density at radius 2 is 1.51 bits per heavy atom. The van der Waals surface area contributed by atoms with Crippen LogP contribution in [0.4, 0.5) is 0 Å². The Kier molecular flexibility index (Phi) is 9.91. The highest BCUT2D eigenvalue weighted by atomic mass is 16.7. The Hall–Kier alpha value is -3.60. The first kappa shape index (κ1) is 30.4. The second-order valence-electron chi connectivity index (χ2n) is 11.3. The molecule has 10 heteroatoms. The maximum absolute atomic E-state index is 14.0. The number of aryl methyl sites for hydroxylation is 1. The van der Waals surface area contributed by atoms with Gasteiger partial charge in [-0.15, -0.1) is 0 Å². The summed E-state index contributed by atoms with van der Waals surface area (Å²) in [4.78, 5) is 34.6. The van der Waals surface area contributed by atoms with E-state index in [2.05, 4.69) is 27.4 Å². The lowest BCUT2D eigenvalue weighted by atomic mass is 9.75. The van der Waals surface area contributed by atoms with Gasteiger partial charge in [-0.05, 0) is 58.1 Å². The van der Waals surface area contributed by atoms with Crippen molar-refractivity contribution in [3.8, 4) is 0 Å². The molecule has 0 spiro atoms. The fourth-order valence-corrected chi connectivity index (χ4v) is 4.72. The zero-order valence-electron chi connectivity index (χ0n) is 24.2. The minimum absolute atomic E-state index is 0.0280. The van der Waals surface area contributed by atoms with Crippen LogP contribution in [0.25, 0.3) is 0 Å². The minimum atomic E-state index is -0.936. The molecule has 0 aliphatic carbocycles. The third kappa shape index (κ3) is 7.78. The molecule has 2 heterocycles. The summed E-state index contributed by atoms with van der Waals surface area (Å²) in [6.07, 6.45) is 5.06. The van der Waals surface area contributed by atoms with Gasteiger partial charge in [-0.2, -0.15) is 0 Å². The number of primary amides is 1. The number of rotatable bonds is 13. The van der Waals surface area contributed by atoms with Crippen molar-refractivity contribution >= 4 is 18.9 Å². The molecule has 2 atom stereocenters. The maximum atomic E-state index is 14.0. The fraction of sp³-hybridized carbons (Fsp3) is 0.419. The summed E-state index contributed by atoms with van der Waals surface area (Å²) >= 11 is 0. The van der Waals surface area contributed by atoms with Crippen molar-refractivity contribution < 1.29 is 23.6 Å². The first-order chi connectivity index (χ1) is 19.6. The van der Waals surface area contributed by atoms with Crippen LogP contribution in [0.2, 0.25) is 0 Å². The first-order valence-electron chi connectivity index (χ1n) is 14.0. The Balaban J connectivity index is 1.55. The van der Waals surface area contributed by atoms with Gasteiger partial charge >= 0.3 is 7.12 Å². The monoisotopic (exact) mass is 558 g/mol. The molecule has 1 aliphatic rings. The zero-order chi connectivity index (χ0) is 29.5. The first-order valence-corrected chi connectivity index (χ1v) is 14.0. The van der Waals surface area contributed by atoms with E-state index in [0.717, 1.165) is 18.4 Å². The lowest BCUT2D eigenvalue weighted by Crippen LogP contribution is -2.50. The second kappa shape index (κ2) is 13.4. The molecule has 2 aromatic carbocycles. The number of hydrogen-bond donors (Lipinski definition) is 2. The Labute approximate surface area is 242 Å².